The van der Waals surface area contributed by atoms with E-state index in [0.29, 0.717) is 21.3 Å². The van der Waals surface area contributed by atoms with Gasteiger partial charge in [0.05, 0.1) is 26.6 Å². The van der Waals surface area contributed by atoms with Crippen molar-refractivity contribution in [3.8, 4) is 10.6 Å². The minimum Gasteiger partial charge on any atom is -0.444 e. The Labute approximate surface area is 186 Å². The number of amides is 1. The van der Waals surface area contributed by atoms with Crippen LogP contribution < -0.4 is 5.32 Å². The molecule has 31 heavy (non-hydrogen) atoms. The number of fused-ring (bicyclic) bond motifs is 3. The van der Waals surface area contributed by atoms with Gasteiger partial charge < -0.3 is 9.30 Å². The molecular weight excluding hydrogens is 439 g/mol. The molecule has 0 unspecified atom stereocenters. The van der Waals surface area contributed by atoms with Crippen molar-refractivity contribution in [2.75, 3.05) is 5.32 Å². The Morgan fingerprint density at radius 2 is 2.16 bits per heavy atom. The molecule has 2 aromatic carbocycles. The van der Waals surface area contributed by atoms with E-state index in [1.807, 2.05) is 25.1 Å². The molecule has 0 spiro atoms. The number of nitrogens with zero attached hydrogens (tertiary/aromatic N) is 3. The number of rotatable bonds is 4. The summed E-state index contributed by atoms with van der Waals surface area (Å²) in [6, 6.07) is 9.86. The third-order valence-electron chi connectivity index (χ3n) is 5.24. The summed E-state index contributed by atoms with van der Waals surface area (Å²) >= 11 is 7.49. The van der Waals surface area contributed by atoms with Gasteiger partial charge in [-0.05, 0) is 49.7 Å². The molecule has 6 nitrogen and oxygen atoms in total. The first-order valence-corrected chi connectivity index (χ1v) is 11.0. The van der Waals surface area contributed by atoms with Gasteiger partial charge in [-0.3, -0.25) is 5.32 Å². The third kappa shape index (κ3) is 3.88. The Morgan fingerprint density at radius 3 is 3.00 bits per heavy atom. The first-order chi connectivity index (χ1) is 15.0. The summed E-state index contributed by atoms with van der Waals surface area (Å²) in [6.45, 7) is 2.90. The number of nitrogens with one attached hydrogen (secondary N) is 1. The van der Waals surface area contributed by atoms with E-state index in [9.17, 15) is 9.18 Å². The van der Waals surface area contributed by atoms with E-state index < -0.39 is 11.9 Å². The molecule has 5 rings (SSSR count). The number of imidazole rings is 1. The van der Waals surface area contributed by atoms with E-state index in [-0.39, 0.29) is 6.61 Å². The fraction of sp³-hybridized carbons (Fsp3) is 0.227. The number of hydrogen-bond donors (Lipinski definition) is 1. The topological polar surface area (TPSA) is 69.0 Å². The summed E-state index contributed by atoms with van der Waals surface area (Å²) in [7, 11) is 0. The summed E-state index contributed by atoms with van der Waals surface area (Å²) in [5.74, 6) is 0.688. The van der Waals surface area contributed by atoms with Crippen LogP contribution >= 0.6 is 22.9 Å². The Morgan fingerprint density at radius 1 is 1.29 bits per heavy atom. The highest BCUT2D eigenvalue weighted by Crippen LogP contribution is 2.33. The standard InChI is InChI=1S/C22H18ClFN4O2S/c1-12-19(31-21(25-12)15-6-4-13(24)9-16(15)23)11-30-22(29)26-14-5-7-18-17(10-14)27-20-3-2-8-28(18)20/h4-7,9-10H,2-3,8,11H2,1H3,(H,26,29). The Bertz CT molecular complexity index is 1320. The summed E-state index contributed by atoms with van der Waals surface area (Å²) in [4.78, 5) is 22.2. The molecule has 1 N–H and O–H groups in total. The number of aryl methyl sites for hydroxylation is 3. The van der Waals surface area contributed by atoms with E-state index >= 15 is 0 Å². The van der Waals surface area contributed by atoms with Crippen molar-refractivity contribution in [3.63, 3.8) is 0 Å². The van der Waals surface area contributed by atoms with Crippen LogP contribution in [0, 0.1) is 12.7 Å². The number of aromatic nitrogens is 3. The van der Waals surface area contributed by atoms with Crippen LogP contribution in [0.5, 0.6) is 0 Å². The quantitative estimate of drug-likeness (QED) is 0.411. The molecule has 0 saturated heterocycles. The van der Waals surface area contributed by atoms with E-state index in [1.54, 1.807) is 6.07 Å². The van der Waals surface area contributed by atoms with Crippen LogP contribution in [0.25, 0.3) is 21.6 Å². The van der Waals surface area contributed by atoms with Gasteiger partial charge in [0, 0.05) is 24.2 Å². The van der Waals surface area contributed by atoms with Gasteiger partial charge in [-0.25, -0.2) is 19.2 Å². The Balaban J connectivity index is 1.25. The normalized spacial score (nSPS) is 12.9. The van der Waals surface area contributed by atoms with E-state index in [0.717, 1.165) is 46.8 Å². The lowest BCUT2D eigenvalue weighted by Crippen LogP contribution is -2.13. The maximum Gasteiger partial charge on any atom is 0.411 e. The maximum atomic E-state index is 13.3. The minimum absolute atomic E-state index is 0.0785. The molecule has 0 radical (unpaired) electrons. The molecule has 2 aromatic heterocycles. The summed E-state index contributed by atoms with van der Waals surface area (Å²) in [5, 5.41) is 3.70. The lowest BCUT2D eigenvalue weighted by Gasteiger charge is -2.07. The molecule has 9 heteroatoms. The summed E-state index contributed by atoms with van der Waals surface area (Å²) in [6.07, 6.45) is 1.55. The molecule has 158 valence electrons. The summed E-state index contributed by atoms with van der Waals surface area (Å²) < 4.78 is 20.9. The van der Waals surface area contributed by atoms with Crippen molar-refractivity contribution in [2.24, 2.45) is 0 Å². The fourth-order valence-electron chi connectivity index (χ4n) is 3.72. The van der Waals surface area contributed by atoms with Gasteiger partial charge in [-0.15, -0.1) is 11.3 Å². The molecule has 0 aliphatic carbocycles. The van der Waals surface area contributed by atoms with Gasteiger partial charge in [0.1, 0.15) is 23.3 Å². The van der Waals surface area contributed by atoms with E-state index in [2.05, 4.69) is 19.9 Å². The zero-order chi connectivity index (χ0) is 21.5. The molecule has 1 aliphatic heterocycles. The van der Waals surface area contributed by atoms with Gasteiger partial charge >= 0.3 is 6.09 Å². The van der Waals surface area contributed by atoms with Crippen LogP contribution in [0.4, 0.5) is 14.9 Å². The van der Waals surface area contributed by atoms with Crippen LogP contribution in [-0.2, 0) is 24.3 Å². The highest BCUT2D eigenvalue weighted by atomic mass is 35.5. The van der Waals surface area contributed by atoms with Crippen molar-refractivity contribution >= 4 is 45.8 Å². The highest BCUT2D eigenvalue weighted by Gasteiger charge is 2.17. The predicted molar refractivity (Wildman–Crippen MR) is 119 cm³/mol. The lowest BCUT2D eigenvalue weighted by atomic mass is 10.2. The van der Waals surface area contributed by atoms with Crippen molar-refractivity contribution in [1.82, 2.24) is 14.5 Å². The monoisotopic (exact) mass is 456 g/mol. The summed E-state index contributed by atoms with van der Waals surface area (Å²) in [5.41, 5.74) is 3.97. The molecular formula is C22H18ClFN4O2S. The van der Waals surface area contributed by atoms with E-state index in [1.165, 1.54) is 23.5 Å². The highest BCUT2D eigenvalue weighted by molar-refractivity contribution is 7.15. The molecule has 0 fully saturated rings. The minimum atomic E-state index is -0.555. The second kappa shape index (κ2) is 7.94. The van der Waals surface area contributed by atoms with Gasteiger partial charge in [0.2, 0.25) is 0 Å². The fourth-order valence-corrected chi connectivity index (χ4v) is 5.05. The second-order valence-corrected chi connectivity index (χ2v) is 8.83. The van der Waals surface area contributed by atoms with Gasteiger partial charge in [0.15, 0.2) is 0 Å². The first kappa shape index (κ1) is 20.0. The van der Waals surface area contributed by atoms with Crippen LogP contribution in [0.1, 0.15) is 22.8 Å². The molecule has 0 bridgehead atoms. The molecule has 1 aliphatic rings. The zero-order valence-corrected chi connectivity index (χ0v) is 18.2. The number of ether oxygens (including phenoxy) is 1. The number of benzene rings is 2. The maximum absolute atomic E-state index is 13.3. The number of halogens is 2. The zero-order valence-electron chi connectivity index (χ0n) is 16.6. The Hall–Kier alpha value is -2.97. The average molecular weight is 457 g/mol. The number of thiazole rings is 1. The van der Waals surface area contributed by atoms with Crippen molar-refractivity contribution in [1.29, 1.82) is 0 Å². The Kier molecular flexibility index (Phi) is 5.11. The van der Waals surface area contributed by atoms with Crippen LogP contribution in [0.3, 0.4) is 0 Å². The first-order valence-electron chi connectivity index (χ1n) is 9.82. The average Bonchev–Trinajstić information content (AvgIpc) is 3.40. The third-order valence-corrected chi connectivity index (χ3v) is 6.72. The predicted octanol–water partition coefficient (Wildman–Crippen LogP) is 5.96. The van der Waals surface area contributed by atoms with Crippen LogP contribution in [0.15, 0.2) is 36.4 Å². The van der Waals surface area contributed by atoms with Crippen LogP contribution in [-0.4, -0.2) is 20.6 Å². The van der Waals surface area contributed by atoms with Crippen LogP contribution in [0.2, 0.25) is 5.02 Å². The van der Waals surface area contributed by atoms with E-state index in [4.69, 9.17) is 16.3 Å². The van der Waals surface area contributed by atoms with Crippen molar-refractivity contribution in [2.45, 2.75) is 32.9 Å². The SMILES string of the molecule is Cc1nc(-c2ccc(F)cc2Cl)sc1COC(=O)Nc1ccc2c(c1)nc1n2CCC1. The molecule has 4 aromatic rings. The van der Waals surface area contributed by atoms with Gasteiger partial charge in [-0.2, -0.15) is 0 Å². The molecule has 3 heterocycles. The van der Waals surface area contributed by atoms with Gasteiger partial charge in [0.25, 0.3) is 0 Å². The molecule has 0 atom stereocenters. The lowest BCUT2D eigenvalue weighted by molar-refractivity contribution is 0.156. The van der Waals surface area contributed by atoms with Gasteiger partial charge in [-0.1, -0.05) is 11.6 Å². The largest absolute Gasteiger partial charge is 0.444 e. The molecule has 1 amide bonds. The number of anilines is 1. The smallest absolute Gasteiger partial charge is 0.411 e. The van der Waals surface area contributed by atoms with Crippen molar-refractivity contribution < 1.29 is 13.9 Å². The number of carbonyl (C=O) groups excluding carboxylic acids is 1. The second-order valence-electron chi connectivity index (χ2n) is 7.34. The number of hydrogen-bond acceptors (Lipinski definition) is 5. The number of carbonyl (C=O) groups is 1. The molecule has 0 saturated carbocycles. The van der Waals surface area contributed by atoms with Crippen molar-refractivity contribution in [3.05, 3.63) is 63.6 Å².